The van der Waals surface area contributed by atoms with Crippen LogP contribution in [-0.4, -0.2) is 31.1 Å². The van der Waals surface area contributed by atoms with Gasteiger partial charge in [0.05, 0.1) is 0 Å². The molecule has 18 heavy (non-hydrogen) atoms. The SMILES string of the molecule is CC(C)C1CCN(CC2CCCCC2CN)CC1. The van der Waals surface area contributed by atoms with Gasteiger partial charge in [0.1, 0.15) is 0 Å². The molecule has 2 nitrogen and oxygen atoms in total. The van der Waals surface area contributed by atoms with E-state index in [0.29, 0.717) is 0 Å². The van der Waals surface area contributed by atoms with Gasteiger partial charge in [-0.2, -0.15) is 0 Å². The molecule has 1 aliphatic heterocycles. The molecule has 1 saturated carbocycles. The minimum absolute atomic E-state index is 0.807. The van der Waals surface area contributed by atoms with Gasteiger partial charge in [0.2, 0.25) is 0 Å². The molecule has 0 spiro atoms. The van der Waals surface area contributed by atoms with Gasteiger partial charge in [-0.1, -0.05) is 26.7 Å². The van der Waals surface area contributed by atoms with Gasteiger partial charge in [0.25, 0.3) is 0 Å². The Bertz CT molecular complexity index is 231. The maximum absolute atomic E-state index is 5.94. The Morgan fingerprint density at radius 1 is 1.00 bits per heavy atom. The van der Waals surface area contributed by atoms with Gasteiger partial charge in [-0.15, -0.1) is 0 Å². The molecule has 2 fully saturated rings. The Hall–Kier alpha value is -0.0800. The average Bonchev–Trinajstić information content (AvgIpc) is 2.40. The molecular formula is C16H32N2. The van der Waals surface area contributed by atoms with Crippen LogP contribution >= 0.6 is 0 Å². The molecular weight excluding hydrogens is 220 g/mol. The topological polar surface area (TPSA) is 29.3 Å². The average molecular weight is 252 g/mol. The van der Waals surface area contributed by atoms with Crippen molar-refractivity contribution in [1.29, 1.82) is 0 Å². The molecule has 0 aromatic carbocycles. The van der Waals surface area contributed by atoms with Crippen molar-refractivity contribution in [3.05, 3.63) is 0 Å². The number of nitrogens with zero attached hydrogens (tertiary/aromatic N) is 1. The van der Waals surface area contributed by atoms with Crippen molar-refractivity contribution in [3.63, 3.8) is 0 Å². The highest BCUT2D eigenvalue weighted by atomic mass is 15.1. The Balaban J connectivity index is 1.76. The van der Waals surface area contributed by atoms with Crippen LogP contribution in [0.2, 0.25) is 0 Å². The molecule has 2 unspecified atom stereocenters. The predicted molar refractivity (Wildman–Crippen MR) is 78.5 cm³/mol. The zero-order valence-corrected chi connectivity index (χ0v) is 12.4. The lowest BCUT2D eigenvalue weighted by atomic mass is 9.78. The predicted octanol–water partition coefficient (Wildman–Crippen LogP) is 3.12. The molecule has 0 amide bonds. The Morgan fingerprint density at radius 2 is 1.61 bits per heavy atom. The number of rotatable bonds is 4. The summed E-state index contributed by atoms with van der Waals surface area (Å²) in [5.41, 5.74) is 5.94. The fraction of sp³-hybridized carbons (Fsp3) is 1.00. The summed E-state index contributed by atoms with van der Waals surface area (Å²) in [5.74, 6) is 3.54. The highest BCUT2D eigenvalue weighted by molar-refractivity contribution is 4.81. The number of likely N-dealkylation sites (tertiary alicyclic amines) is 1. The lowest BCUT2D eigenvalue weighted by Crippen LogP contribution is -2.41. The summed E-state index contributed by atoms with van der Waals surface area (Å²) in [5, 5.41) is 0. The Morgan fingerprint density at radius 3 is 2.17 bits per heavy atom. The summed E-state index contributed by atoms with van der Waals surface area (Å²) in [6.07, 6.45) is 8.47. The monoisotopic (exact) mass is 252 g/mol. The number of nitrogens with two attached hydrogens (primary N) is 1. The van der Waals surface area contributed by atoms with E-state index < -0.39 is 0 Å². The van der Waals surface area contributed by atoms with Gasteiger partial charge >= 0.3 is 0 Å². The Kier molecular flexibility index (Phi) is 5.50. The summed E-state index contributed by atoms with van der Waals surface area (Å²) in [7, 11) is 0. The van der Waals surface area contributed by atoms with E-state index in [0.717, 1.165) is 30.2 Å². The molecule has 0 bridgehead atoms. The molecule has 2 rings (SSSR count). The second-order valence-electron chi connectivity index (χ2n) is 6.92. The molecule has 1 saturated heterocycles. The first kappa shape index (κ1) is 14.3. The van der Waals surface area contributed by atoms with E-state index in [2.05, 4.69) is 18.7 Å². The normalized spacial score (nSPS) is 32.0. The van der Waals surface area contributed by atoms with Gasteiger partial charge in [0, 0.05) is 6.54 Å². The van der Waals surface area contributed by atoms with Crippen molar-refractivity contribution >= 4 is 0 Å². The zero-order valence-electron chi connectivity index (χ0n) is 12.4. The summed E-state index contributed by atoms with van der Waals surface area (Å²) < 4.78 is 0. The Labute approximate surface area is 113 Å². The van der Waals surface area contributed by atoms with Crippen LogP contribution in [0.4, 0.5) is 0 Å². The van der Waals surface area contributed by atoms with E-state index >= 15 is 0 Å². The van der Waals surface area contributed by atoms with Crippen LogP contribution in [0, 0.1) is 23.7 Å². The number of hydrogen-bond acceptors (Lipinski definition) is 2. The standard InChI is InChI=1S/C16H32N2/c1-13(2)14-7-9-18(10-8-14)12-16-6-4-3-5-15(16)11-17/h13-16H,3-12,17H2,1-2H3. The van der Waals surface area contributed by atoms with E-state index in [1.165, 1.54) is 58.2 Å². The summed E-state index contributed by atoms with van der Waals surface area (Å²) in [6.45, 7) is 9.66. The number of hydrogen-bond donors (Lipinski definition) is 1. The molecule has 1 aliphatic carbocycles. The van der Waals surface area contributed by atoms with Crippen LogP contribution in [0.3, 0.4) is 0 Å². The second kappa shape index (κ2) is 6.91. The van der Waals surface area contributed by atoms with Crippen LogP contribution in [0.5, 0.6) is 0 Å². The van der Waals surface area contributed by atoms with Gasteiger partial charge in [-0.25, -0.2) is 0 Å². The van der Waals surface area contributed by atoms with Crippen molar-refractivity contribution < 1.29 is 0 Å². The first-order valence-corrected chi connectivity index (χ1v) is 8.13. The van der Waals surface area contributed by atoms with E-state index in [4.69, 9.17) is 5.73 Å². The van der Waals surface area contributed by atoms with E-state index in [-0.39, 0.29) is 0 Å². The largest absolute Gasteiger partial charge is 0.330 e. The quantitative estimate of drug-likeness (QED) is 0.833. The highest BCUT2D eigenvalue weighted by Crippen LogP contribution is 2.31. The number of piperidine rings is 1. The molecule has 0 aromatic heterocycles. The highest BCUT2D eigenvalue weighted by Gasteiger charge is 2.28. The molecule has 2 heteroatoms. The lowest BCUT2D eigenvalue weighted by molar-refractivity contribution is 0.107. The molecule has 2 N–H and O–H groups in total. The van der Waals surface area contributed by atoms with Crippen molar-refractivity contribution in [2.24, 2.45) is 29.4 Å². The van der Waals surface area contributed by atoms with Crippen LogP contribution in [0.15, 0.2) is 0 Å². The third-order valence-electron chi connectivity index (χ3n) is 5.44. The molecule has 2 aliphatic rings. The molecule has 0 aromatic rings. The van der Waals surface area contributed by atoms with Crippen LogP contribution < -0.4 is 5.73 Å². The fourth-order valence-corrected chi connectivity index (χ4v) is 3.97. The van der Waals surface area contributed by atoms with Gasteiger partial charge < -0.3 is 10.6 Å². The van der Waals surface area contributed by atoms with E-state index in [9.17, 15) is 0 Å². The van der Waals surface area contributed by atoms with Crippen molar-refractivity contribution in [2.75, 3.05) is 26.2 Å². The smallest absolute Gasteiger partial charge is 0.00128 e. The zero-order chi connectivity index (χ0) is 13.0. The van der Waals surface area contributed by atoms with Crippen LogP contribution in [0.1, 0.15) is 52.4 Å². The molecule has 2 atom stereocenters. The van der Waals surface area contributed by atoms with Crippen molar-refractivity contribution in [3.8, 4) is 0 Å². The first-order valence-electron chi connectivity index (χ1n) is 8.13. The third-order valence-corrected chi connectivity index (χ3v) is 5.44. The third kappa shape index (κ3) is 3.71. The minimum Gasteiger partial charge on any atom is -0.330 e. The van der Waals surface area contributed by atoms with Gasteiger partial charge in [-0.05, 0) is 69.0 Å². The van der Waals surface area contributed by atoms with E-state index in [1.54, 1.807) is 0 Å². The van der Waals surface area contributed by atoms with E-state index in [1.807, 2.05) is 0 Å². The summed E-state index contributed by atoms with van der Waals surface area (Å²) in [6, 6.07) is 0. The van der Waals surface area contributed by atoms with Crippen molar-refractivity contribution in [2.45, 2.75) is 52.4 Å². The minimum atomic E-state index is 0.807. The van der Waals surface area contributed by atoms with Gasteiger partial charge in [0.15, 0.2) is 0 Å². The van der Waals surface area contributed by atoms with Gasteiger partial charge in [-0.3, -0.25) is 0 Å². The maximum Gasteiger partial charge on any atom is 0.00128 e. The summed E-state index contributed by atoms with van der Waals surface area (Å²) >= 11 is 0. The molecule has 0 radical (unpaired) electrons. The first-order chi connectivity index (χ1) is 8.70. The fourth-order valence-electron chi connectivity index (χ4n) is 3.97. The second-order valence-corrected chi connectivity index (χ2v) is 6.92. The van der Waals surface area contributed by atoms with Crippen LogP contribution in [0.25, 0.3) is 0 Å². The maximum atomic E-state index is 5.94. The van der Waals surface area contributed by atoms with Crippen LogP contribution in [-0.2, 0) is 0 Å². The van der Waals surface area contributed by atoms with Crippen molar-refractivity contribution in [1.82, 2.24) is 4.90 Å². The lowest BCUT2D eigenvalue weighted by Gasteiger charge is -2.39. The molecule has 106 valence electrons. The summed E-state index contributed by atoms with van der Waals surface area (Å²) in [4.78, 5) is 2.72. The molecule has 1 heterocycles.